The summed E-state index contributed by atoms with van der Waals surface area (Å²) in [5.74, 6) is -0.557. The summed E-state index contributed by atoms with van der Waals surface area (Å²) < 4.78 is 5.08. The molecule has 4 rings (SSSR count). The molecule has 1 atom stereocenters. The van der Waals surface area contributed by atoms with Gasteiger partial charge in [-0.1, -0.05) is 36.4 Å². The quantitative estimate of drug-likeness (QED) is 0.544. The molecule has 192 valence electrons. The van der Waals surface area contributed by atoms with Crippen LogP contribution in [0.2, 0.25) is 0 Å². The minimum Gasteiger partial charge on any atom is -0.466 e. The van der Waals surface area contributed by atoms with Crippen LogP contribution in [0.4, 0.5) is 10.5 Å². The first kappa shape index (κ1) is 25.7. The van der Waals surface area contributed by atoms with Crippen LogP contribution in [0.3, 0.4) is 0 Å². The number of urea groups is 1. The molecule has 0 radical (unpaired) electrons. The Morgan fingerprint density at radius 1 is 1.00 bits per heavy atom. The molecule has 0 aromatic heterocycles. The summed E-state index contributed by atoms with van der Waals surface area (Å²) in [6, 6.07) is 15.2. The molecule has 0 spiro atoms. The summed E-state index contributed by atoms with van der Waals surface area (Å²) >= 11 is 0. The predicted octanol–water partition coefficient (Wildman–Crippen LogP) is 3.16. The molecule has 36 heavy (non-hydrogen) atoms. The Morgan fingerprint density at radius 3 is 2.50 bits per heavy atom. The zero-order valence-corrected chi connectivity index (χ0v) is 21.2. The van der Waals surface area contributed by atoms with Crippen molar-refractivity contribution in [1.29, 1.82) is 0 Å². The standard InChI is InChI=1S/C28H36N4O4/c1-3-36-27(34)20-25(22-7-5-4-6-8-22)29-26(33)13-16-31-17-18-32(28(31)35)24-10-9-21-11-14-30(2)15-12-23(21)19-24/h4-10,19,25H,3,11-18,20H2,1-2H3,(H,29,33). The predicted molar refractivity (Wildman–Crippen MR) is 139 cm³/mol. The van der Waals surface area contributed by atoms with E-state index in [0.29, 0.717) is 26.2 Å². The third kappa shape index (κ3) is 6.43. The van der Waals surface area contributed by atoms with Crippen LogP contribution in [0.15, 0.2) is 48.5 Å². The Hall–Kier alpha value is -3.39. The number of hydrogen-bond acceptors (Lipinski definition) is 5. The maximum absolute atomic E-state index is 13.1. The Balaban J connectivity index is 1.33. The summed E-state index contributed by atoms with van der Waals surface area (Å²) in [6.45, 7) is 5.64. The van der Waals surface area contributed by atoms with Gasteiger partial charge in [0.05, 0.1) is 19.1 Å². The number of ether oxygens (including phenoxy) is 1. The first-order chi connectivity index (χ1) is 17.4. The summed E-state index contributed by atoms with van der Waals surface area (Å²) in [5.41, 5.74) is 4.45. The van der Waals surface area contributed by atoms with Gasteiger partial charge in [0, 0.05) is 44.8 Å². The van der Waals surface area contributed by atoms with Crippen LogP contribution < -0.4 is 10.2 Å². The van der Waals surface area contributed by atoms with E-state index in [0.717, 1.165) is 37.2 Å². The molecule has 0 bridgehead atoms. The molecule has 2 aliphatic rings. The van der Waals surface area contributed by atoms with Crippen LogP contribution >= 0.6 is 0 Å². The van der Waals surface area contributed by atoms with Gasteiger partial charge in [-0.3, -0.25) is 14.5 Å². The number of carbonyl (C=O) groups is 3. The van der Waals surface area contributed by atoms with Gasteiger partial charge in [-0.05, 0) is 55.6 Å². The number of fused-ring (bicyclic) bond motifs is 1. The van der Waals surface area contributed by atoms with Crippen LogP contribution in [0, 0.1) is 0 Å². The second kappa shape index (κ2) is 12.0. The first-order valence-electron chi connectivity index (χ1n) is 12.8. The van der Waals surface area contributed by atoms with E-state index in [1.165, 1.54) is 11.1 Å². The average Bonchev–Trinajstić information content (AvgIpc) is 3.14. The molecule has 2 aromatic carbocycles. The van der Waals surface area contributed by atoms with Crippen molar-refractivity contribution in [3.8, 4) is 0 Å². The molecule has 2 aliphatic heterocycles. The van der Waals surface area contributed by atoms with Crippen molar-refractivity contribution < 1.29 is 19.1 Å². The number of esters is 1. The van der Waals surface area contributed by atoms with Crippen LogP contribution in [0.1, 0.15) is 42.5 Å². The number of benzene rings is 2. The van der Waals surface area contributed by atoms with Crippen molar-refractivity contribution in [3.63, 3.8) is 0 Å². The molecular weight excluding hydrogens is 456 g/mol. The summed E-state index contributed by atoms with van der Waals surface area (Å²) in [4.78, 5) is 43.8. The molecule has 2 aromatic rings. The van der Waals surface area contributed by atoms with Crippen molar-refractivity contribution in [3.05, 3.63) is 65.2 Å². The Kier molecular flexibility index (Phi) is 8.59. The third-order valence-corrected chi connectivity index (χ3v) is 6.94. The monoisotopic (exact) mass is 492 g/mol. The van der Waals surface area contributed by atoms with E-state index >= 15 is 0 Å². The fourth-order valence-electron chi connectivity index (χ4n) is 4.85. The second-order valence-electron chi connectivity index (χ2n) is 9.47. The van der Waals surface area contributed by atoms with Gasteiger partial charge in [0.25, 0.3) is 0 Å². The molecule has 1 saturated heterocycles. The zero-order valence-electron chi connectivity index (χ0n) is 21.2. The van der Waals surface area contributed by atoms with Gasteiger partial charge in [0.1, 0.15) is 0 Å². The van der Waals surface area contributed by atoms with E-state index in [9.17, 15) is 14.4 Å². The molecule has 1 N–H and O–H groups in total. The molecular formula is C28H36N4O4. The normalized spacial score (nSPS) is 16.9. The molecule has 1 unspecified atom stereocenters. The van der Waals surface area contributed by atoms with Gasteiger partial charge in [0.15, 0.2) is 0 Å². The zero-order chi connectivity index (χ0) is 25.5. The molecule has 3 amide bonds. The smallest absolute Gasteiger partial charge is 0.324 e. The lowest BCUT2D eigenvalue weighted by Crippen LogP contribution is -2.36. The number of carbonyl (C=O) groups excluding carboxylic acids is 3. The SMILES string of the molecule is CCOC(=O)CC(NC(=O)CCN1CCN(c2ccc3c(c2)CCN(C)CC3)C1=O)c1ccccc1. The Labute approximate surface area is 213 Å². The van der Waals surface area contributed by atoms with E-state index in [1.54, 1.807) is 16.7 Å². The molecule has 0 aliphatic carbocycles. The van der Waals surface area contributed by atoms with Gasteiger partial charge in [-0.15, -0.1) is 0 Å². The Bertz CT molecular complexity index is 1070. The van der Waals surface area contributed by atoms with Crippen molar-refractivity contribution in [1.82, 2.24) is 15.1 Å². The highest BCUT2D eigenvalue weighted by Gasteiger charge is 2.30. The second-order valence-corrected chi connectivity index (χ2v) is 9.47. The van der Waals surface area contributed by atoms with E-state index < -0.39 is 6.04 Å². The van der Waals surface area contributed by atoms with Crippen molar-refractivity contribution in [2.75, 3.05) is 51.3 Å². The maximum atomic E-state index is 13.1. The molecule has 2 heterocycles. The largest absolute Gasteiger partial charge is 0.466 e. The van der Waals surface area contributed by atoms with E-state index in [-0.39, 0.29) is 30.7 Å². The summed E-state index contributed by atoms with van der Waals surface area (Å²) in [6.07, 6.45) is 2.25. The van der Waals surface area contributed by atoms with Gasteiger partial charge < -0.3 is 19.9 Å². The maximum Gasteiger partial charge on any atom is 0.324 e. The highest BCUT2D eigenvalue weighted by atomic mass is 16.5. The Morgan fingerprint density at radius 2 is 1.75 bits per heavy atom. The van der Waals surface area contributed by atoms with E-state index in [1.807, 2.05) is 36.4 Å². The number of anilines is 1. The molecule has 1 fully saturated rings. The van der Waals surface area contributed by atoms with Gasteiger partial charge >= 0.3 is 12.0 Å². The summed E-state index contributed by atoms with van der Waals surface area (Å²) in [5, 5.41) is 2.95. The lowest BCUT2D eigenvalue weighted by molar-refractivity contribution is -0.143. The van der Waals surface area contributed by atoms with Crippen LogP contribution in [-0.4, -0.2) is 74.1 Å². The van der Waals surface area contributed by atoms with Gasteiger partial charge in [-0.2, -0.15) is 0 Å². The van der Waals surface area contributed by atoms with Crippen LogP contribution in [0.25, 0.3) is 0 Å². The minimum absolute atomic E-state index is 0.0636. The molecule has 0 saturated carbocycles. The number of rotatable bonds is 9. The highest BCUT2D eigenvalue weighted by molar-refractivity contribution is 5.94. The lowest BCUT2D eigenvalue weighted by atomic mass is 10.0. The van der Waals surface area contributed by atoms with E-state index in [2.05, 4.69) is 29.4 Å². The average molecular weight is 493 g/mol. The van der Waals surface area contributed by atoms with Crippen molar-refractivity contribution in [2.45, 2.75) is 38.6 Å². The molecule has 8 heteroatoms. The van der Waals surface area contributed by atoms with Crippen LogP contribution in [-0.2, 0) is 27.2 Å². The fourth-order valence-corrected chi connectivity index (χ4v) is 4.85. The molecule has 8 nitrogen and oxygen atoms in total. The number of amides is 3. The fraction of sp³-hybridized carbons (Fsp3) is 0.464. The summed E-state index contributed by atoms with van der Waals surface area (Å²) in [7, 11) is 2.14. The number of hydrogen-bond donors (Lipinski definition) is 1. The topological polar surface area (TPSA) is 82.2 Å². The number of nitrogens with zero attached hydrogens (tertiary/aromatic N) is 3. The van der Waals surface area contributed by atoms with Gasteiger partial charge in [-0.25, -0.2) is 4.79 Å². The first-order valence-corrected chi connectivity index (χ1v) is 12.8. The van der Waals surface area contributed by atoms with Crippen molar-refractivity contribution in [2.24, 2.45) is 0 Å². The number of nitrogens with one attached hydrogen (secondary N) is 1. The van der Waals surface area contributed by atoms with Crippen molar-refractivity contribution >= 4 is 23.6 Å². The van der Waals surface area contributed by atoms with Gasteiger partial charge in [0.2, 0.25) is 5.91 Å². The van der Waals surface area contributed by atoms with E-state index in [4.69, 9.17) is 4.74 Å². The number of likely N-dealkylation sites (N-methyl/N-ethyl adjacent to an activating group) is 1. The third-order valence-electron chi connectivity index (χ3n) is 6.94. The van der Waals surface area contributed by atoms with Crippen LogP contribution in [0.5, 0.6) is 0 Å². The highest BCUT2D eigenvalue weighted by Crippen LogP contribution is 2.26. The lowest BCUT2D eigenvalue weighted by Gasteiger charge is -2.21. The minimum atomic E-state index is -0.470.